The Hall–Kier alpha value is -13.6. The van der Waals surface area contributed by atoms with Crippen molar-refractivity contribution in [3.63, 3.8) is 0 Å². The van der Waals surface area contributed by atoms with Crippen LogP contribution in [0, 0.1) is 25.1 Å². The molecule has 35 nitrogen and oxygen atoms in total. The van der Waals surface area contributed by atoms with Crippen molar-refractivity contribution in [3.8, 4) is 40.5 Å². The number of primary amides is 1. The first kappa shape index (κ1) is 88.6. The van der Waals surface area contributed by atoms with E-state index >= 15 is 4.39 Å². The quantitative estimate of drug-likeness (QED) is 0.0183. The van der Waals surface area contributed by atoms with Gasteiger partial charge in [-0.05, 0) is 116 Å². The molecular formula is C79H92FN15O20. The Labute approximate surface area is 659 Å². The number of methoxy groups -OCH3 is 2. The Morgan fingerprint density at radius 2 is 1.38 bits per heavy atom. The van der Waals surface area contributed by atoms with Gasteiger partial charge in [-0.2, -0.15) is 0 Å². The summed E-state index contributed by atoms with van der Waals surface area (Å²) in [5.41, 5.74) is 7.87. The number of aromatic amines is 1. The molecule has 115 heavy (non-hydrogen) atoms. The Balaban J connectivity index is 1.04. The number of nitrogens with one attached hydrogen (secondary N) is 11. The number of nitrogens with zero attached hydrogens (tertiary/aromatic N) is 3. The molecule has 1 aliphatic heterocycles. The van der Waals surface area contributed by atoms with Crippen LogP contribution < -0.4 is 63.6 Å². The number of nitrogens with two attached hydrogens (primary N) is 1. The van der Waals surface area contributed by atoms with Gasteiger partial charge in [0.15, 0.2) is 6.04 Å². The lowest BCUT2D eigenvalue weighted by atomic mass is 9.90. The summed E-state index contributed by atoms with van der Waals surface area (Å²) in [4.78, 5) is 204. The van der Waals surface area contributed by atoms with Crippen LogP contribution in [0.3, 0.4) is 0 Å². The number of carbonyl (C=O) groups is 14. The van der Waals surface area contributed by atoms with Crippen LogP contribution in [-0.4, -0.2) is 217 Å². The number of hydrogen-bond donors (Lipinski definition) is 16. The van der Waals surface area contributed by atoms with Crippen molar-refractivity contribution in [1.29, 1.82) is 0 Å². The molecule has 0 radical (unpaired) electrons. The third-order valence-electron chi connectivity index (χ3n) is 19.0. The number of aliphatic carboxylic acids is 2. The van der Waals surface area contributed by atoms with Crippen molar-refractivity contribution in [3.05, 3.63) is 174 Å². The number of terminal acetylenes is 1. The molecule has 610 valence electrons. The minimum atomic E-state index is -2.41. The van der Waals surface area contributed by atoms with Crippen molar-refractivity contribution in [1.82, 2.24) is 73.0 Å². The van der Waals surface area contributed by atoms with E-state index in [2.05, 4.69) is 68.1 Å². The number of aromatic nitrogens is 3. The van der Waals surface area contributed by atoms with Gasteiger partial charge in [-0.15, -0.1) is 6.42 Å². The fourth-order valence-corrected chi connectivity index (χ4v) is 12.6. The highest BCUT2D eigenvalue weighted by molar-refractivity contribution is 6.02. The van der Waals surface area contributed by atoms with E-state index in [1.807, 2.05) is 56.2 Å². The van der Waals surface area contributed by atoms with Crippen LogP contribution in [0.2, 0.25) is 0 Å². The number of hydrogen-bond acceptors (Lipinski definition) is 20. The van der Waals surface area contributed by atoms with Gasteiger partial charge >= 0.3 is 18.0 Å². The second kappa shape index (κ2) is 41.6. The molecule has 12 amide bonds. The summed E-state index contributed by atoms with van der Waals surface area (Å²) in [5.74, 6) is -14.0. The Bertz CT molecular complexity index is 4620. The number of aliphatic hydroxyl groups is 2. The molecule has 36 heteroatoms. The number of amides is 12. The molecular weight excluding hydrogens is 1500 g/mol. The molecule has 0 bridgehead atoms. The molecule has 0 spiro atoms. The maximum atomic E-state index is 15.5. The van der Waals surface area contributed by atoms with Gasteiger partial charge in [0.1, 0.15) is 64.9 Å². The second-order valence-corrected chi connectivity index (χ2v) is 27.3. The molecule has 2 aromatic heterocycles. The Kier molecular flexibility index (Phi) is 32.1. The van der Waals surface area contributed by atoms with E-state index in [1.165, 1.54) is 48.7 Å². The van der Waals surface area contributed by atoms with Crippen LogP contribution in [0.1, 0.15) is 86.4 Å². The molecule has 0 saturated carbocycles. The summed E-state index contributed by atoms with van der Waals surface area (Å²) in [7, 11) is 2.62. The van der Waals surface area contributed by atoms with Crippen LogP contribution >= 0.6 is 0 Å². The molecule has 17 N–H and O–H groups in total. The third-order valence-corrected chi connectivity index (χ3v) is 19.0. The fraction of sp³-hybridized carbons (Fsp3) is 0.367. The highest BCUT2D eigenvalue weighted by Crippen LogP contribution is 2.32. The van der Waals surface area contributed by atoms with Gasteiger partial charge < -0.3 is 98.7 Å². The van der Waals surface area contributed by atoms with Crippen LogP contribution in [-0.2, 0) is 99.2 Å². The predicted octanol–water partition coefficient (Wildman–Crippen LogP) is 0.440. The number of benzene rings is 4. The van der Waals surface area contributed by atoms with Crippen molar-refractivity contribution in [2.45, 2.75) is 151 Å². The molecule has 1 fully saturated rings. The average Bonchev–Trinajstić information content (AvgIpc) is 1.70. The first-order chi connectivity index (χ1) is 54.8. The zero-order chi connectivity index (χ0) is 84.3. The van der Waals surface area contributed by atoms with Crippen LogP contribution in [0.4, 0.5) is 9.18 Å². The van der Waals surface area contributed by atoms with Crippen LogP contribution in [0.15, 0.2) is 134 Å². The highest BCUT2D eigenvalue weighted by Gasteiger charge is 2.49. The highest BCUT2D eigenvalue weighted by atomic mass is 19.1. The number of carboxylic acid groups (broad SMARTS) is 2. The van der Waals surface area contributed by atoms with Gasteiger partial charge in [0.05, 0.1) is 57.8 Å². The van der Waals surface area contributed by atoms with Gasteiger partial charge in [0, 0.05) is 56.6 Å². The Morgan fingerprint density at radius 3 is 2.00 bits per heavy atom. The van der Waals surface area contributed by atoms with E-state index in [-0.39, 0.29) is 44.2 Å². The zero-order valence-electron chi connectivity index (χ0n) is 63.7. The molecule has 2 unspecified atom stereocenters. The lowest BCUT2D eigenvalue weighted by Gasteiger charge is -2.37. The van der Waals surface area contributed by atoms with E-state index < -0.39 is 187 Å². The maximum absolute atomic E-state index is 15.5. The Morgan fingerprint density at radius 1 is 0.722 bits per heavy atom. The maximum Gasteiger partial charge on any atom is 0.407 e. The largest absolute Gasteiger partial charge is 0.516 e. The SMILES string of the molecule is C#C[C@H](NC(=O)C(C)(Cc1ccccc1F)NC(=O)[C@H](/C=C\O)NC(=O)CNC(=O)[C@H](CCC(=O)O)NC(=O)C1(C)CCCN1C(=O)[C@H](Cc1c[nH]cn1)NC(=O)OC)C(=O)N[C@@H](CO)C(=O)N[C@@H](CC(=O)O)C(=O)N[C@@H](Cc1ccc(-c2ccc(OC)cc2CC)cc1)C(=O)N[C@@H](Cc1ccc(-c2ccccc2C)nc1)C(N)=O. The summed E-state index contributed by atoms with van der Waals surface area (Å²) < 4.78 is 25.6. The third kappa shape index (κ3) is 24.7. The molecule has 1 saturated heterocycles. The number of aliphatic hydroxyl groups excluding tert-OH is 2. The minimum absolute atomic E-state index is 0.0136. The predicted molar refractivity (Wildman–Crippen MR) is 410 cm³/mol. The summed E-state index contributed by atoms with van der Waals surface area (Å²) in [5, 5.41) is 63.4. The van der Waals surface area contributed by atoms with Gasteiger partial charge in [0.2, 0.25) is 59.1 Å². The number of carboxylic acids is 2. The summed E-state index contributed by atoms with van der Waals surface area (Å²) in [6.45, 7) is 4.05. The number of halogens is 1. The lowest BCUT2D eigenvalue weighted by molar-refractivity contribution is -0.146. The average molecular weight is 1590 g/mol. The fourth-order valence-electron chi connectivity index (χ4n) is 12.6. The number of ether oxygens (including phenoxy) is 2. The molecule has 10 atom stereocenters. The normalized spacial score (nSPS) is 15.6. The van der Waals surface area contributed by atoms with Gasteiger partial charge in [0.25, 0.3) is 5.91 Å². The number of aryl methyl sites for hydroxylation is 2. The van der Waals surface area contributed by atoms with Crippen LogP contribution in [0.25, 0.3) is 22.4 Å². The number of carbonyl (C=O) groups excluding carboxylic acids is 12. The first-order valence-corrected chi connectivity index (χ1v) is 36.2. The standard InChI is InChI=1S/C79H92FN15O20/c1-8-47-35-51(114-6)24-25-53(47)48-22-19-45(20-23-48)33-60(70(106)87-59(67(81)103)34-46-21-26-56(83-39-46)52-17-12-10-15-44(52)3)88-71(107)61(37-66(101)102)89-72(108)63(42-97)90-69(105)55(9-2)91-75(111)78(4,38-49-16-11-13-18-54(49)80)94-73(109)58(29-32-96)86-64(98)41-84-68(104)57(27-28-65(99)100)92-76(112)79(5)30-14-31-95(79)74(110)62(93-77(113)115-7)36-50-40-82-43-85-50/h2,10-13,15-26,29,32,35,39-40,43,55,57-63,96-97H,8,14,27-28,30-31,33-34,36-38,41-42H2,1,3-7H3,(H2,81,103)(H,82,85)(H,84,104)(H,86,98)(H,87,106)(H,88,107)(H,89,108)(H,90,105)(H,91,111)(H,92,112)(H,93,113)(H,94,109)(H,99,100)(H,101,102)/b32-29-/t55-,57-,58-,59-,60-,61-,62-,63-,78?,79?/m0/s1. The van der Waals surface area contributed by atoms with Crippen molar-refractivity contribution in [2.24, 2.45) is 5.73 Å². The molecule has 4 aromatic carbocycles. The van der Waals surface area contributed by atoms with Gasteiger partial charge in [-0.25, -0.2) is 14.2 Å². The van der Waals surface area contributed by atoms with Crippen molar-refractivity contribution >= 4 is 83.0 Å². The van der Waals surface area contributed by atoms with Crippen molar-refractivity contribution in [2.75, 3.05) is 33.9 Å². The van der Waals surface area contributed by atoms with E-state index in [0.717, 1.165) is 47.9 Å². The van der Waals surface area contributed by atoms with E-state index in [4.69, 9.17) is 21.6 Å². The number of alkyl carbamates (subject to hydrolysis) is 1. The lowest BCUT2D eigenvalue weighted by Crippen LogP contribution is -2.64. The molecule has 1 aliphatic rings. The molecule has 3 heterocycles. The smallest absolute Gasteiger partial charge is 0.407 e. The van der Waals surface area contributed by atoms with E-state index in [0.29, 0.717) is 47.0 Å². The zero-order valence-corrected chi connectivity index (χ0v) is 63.7. The van der Waals surface area contributed by atoms with Crippen molar-refractivity contribution < 1.29 is 101 Å². The number of pyridine rings is 1. The van der Waals surface area contributed by atoms with Gasteiger partial charge in [-0.1, -0.05) is 91.7 Å². The summed E-state index contributed by atoms with van der Waals surface area (Å²) in [6.07, 6.45) is 7.36. The second-order valence-electron chi connectivity index (χ2n) is 27.3. The first-order valence-electron chi connectivity index (χ1n) is 36.2. The van der Waals surface area contributed by atoms with E-state index in [9.17, 15) is 87.5 Å². The molecule has 7 rings (SSSR count). The monoisotopic (exact) mass is 1590 g/mol. The number of rotatable bonds is 40. The minimum Gasteiger partial charge on any atom is -0.516 e. The number of likely N-dealkylation sites (tertiary alicyclic amines) is 1. The molecule has 0 aliphatic carbocycles. The summed E-state index contributed by atoms with van der Waals surface area (Å²) >= 11 is 0. The van der Waals surface area contributed by atoms with Crippen LogP contribution in [0.5, 0.6) is 5.75 Å². The van der Waals surface area contributed by atoms with E-state index in [1.54, 1.807) is 49.6 Å². The number of H-pyrrole nitrogens is 1. The number of imidazole rings is 1. The topological polar surface area (TPSA) is 529 Å². The molecule has 6 aromatic rings. The summed E-state index contributed by atoms with van der Waals surface area (Å²) in [6, 6.07) is 14.0. The van der Waals surface area contributed by atoms with Gasteiger partial charge in [-0.3, -0.25) is 67.3 Å².